The third-order valence-corrected chi connectivity index (χ3v) is 1.87. The first-order chi connectivity index (χ1) is 5.86. The fraction of sp³-hybridized carbons (Fsp3) is 0.0909. The molecule has 1 nitrogen and oxygen atoms in total. The van der Waals surface area contributed by atoms with Gasteiger partial charge in [0.05, 0.1) is 0 Å². The summed E-state index contributed by atoms with van der Waals surface area (Å²) in [6.45, 7) is 0. The highest BCUT2D eigenvalue weighted by atomic mass is 14.9. The molecule has 0 atom stereocenters. The highest BCUT2D eigenvalue weighted by Gasteiger charge is 2.01. The van der Waals surface area contributed by atoms with Gasteiger partial charge in [-0.3, -0.25) is 0 Å². The topological polar surface area (TPSA) is 3.88 Å². The number of nitrogens with zero attached hydrogens (tertiary/aromatic N) is 1. The Bertz CT molecular complexity index is 393. The molecular weight excluding hydrogens is 146 g/mol. The normalized spacial score (nSPS) is 12.8. The molecule has 1 aliphatic rings. The average molecular weight is 156 g/mol. The number of rotatable bonds is 0. The zero-order valence-electron chi connectivity index (χ0n) is 6.99. The van der Waals surface area contributed by atoms with Crippen LogP contribution in [0.3, 0.4) is 0 Å². The van der Waals surface area contributed by atoms with Gasteiger partial charge in [0.25, 0.3) is 0 Å². The van der Waals surface area contributed by atoms with Crippen molar-refractivity contribution in [2.24, 2.45) is 7.05 Å². The van der Waals surface area contributed by atoms with Crippen molar-refractivity contribution >= 4 is 12.2 Å². The third-order valence-electron chi connectivity index (χ3n) is 1.87. The van der Waals surface area contributed by atoms with Crippen molar-refractivity contribution in [3.05, 3.63) is 47.5 Å². The monoisotopic (exact) mass is 156 g/mol. The Morgan fingerprint density at radius 1 is 1.33 bits per heavy atom. The van der Waals surface area contributed by atoms with E-state index < -0.39 is 0 Å². The van der Waals surface area contributed by atoms with Crippen LogP contribution in [0.4, 0.5) is 0 Å². The van der Waals surface area contributed by atoms with E-state index in [0.717, 1.165) is 0 Å². The summed E-state index contributed by atoms with van der Waals surface area (Å²) in [4.78, 5) is 0. The molecule has 0 aromatic carbocycles. The van der Waals surface area contributed by atoms with Crippen LogP contribution >= 0.6 is 0 Å². The van der Waals surface area contributed by atoms with E-state index in [-0.39, 0.29) is 0 Å². The van der Waals surface area contributed by atoms with Gasteiger partial charge in [-0.1, -0.05) is 6.08 Å². The van der Waals surface area contributed by atoms with Crippen molar-refractivity contribution in [1.82, 2.24) is 0 Å². The summed E-state index contributed by atoms with van der Waals surface area (Å²) in [5.41, 5.74) is 5.53. The fourth-order valence-corrected chi connectivity index (χ4v) is 1.25. The van der Waals surface area contributed by atoms with Crippen LogP contribution in [-0.4, -0.2) is 0 Å². The first-order valence-electron chi connectivity index (χ1n) is 3.95. The molecule has 0 saturated heterocycles. The predicted molar refractivity (Wildman–Crippen MR) is 49.2 cm³/mol. The lowest BCUT2D eigenvalue weighted by Gasteiger charge is -1.95. The van der Waals surface area contributed by atoms with Crippen molar-refractivity contribution in [2.45, 2.75) is 0 Å². The molecule has 58 valence electrons. The predicted octanol–water partition coefficient (Wildman–Crippen LogP) is 1.71. The molecule has 0 saturated carbocycles. The van der Waals surface area contributed by atoms with Crippen molar-refractivity contribution < 1.29 is 4.57 Å². The van der Waals surface area contributed by atoms with Crippen LogP contribution in [0.5, 0.6) is 0 Å². The van der Waals surface area contributed by atoms with E-state index in [1.54, 1.807) is 0 Å². The molecule has 0 N–H and O–H groups in total. The van der Waals surface area contributed by atoms with Gasteiger partial charge in [0.15, 0.2) is 12.4 Å². The minimum absolute atomic E-state index is 1.22. The van der Waals surface area contributed by atoms with E-state index in [1.807, 2.05) is 36.0 Å². The van der Waals surface area contributed by atoms with E-state index >= 15 is 0 Å². The fourth-order valence-electron chi connectivity index (χ4n) is 1.25. The van der Waals surface area contributed by atoms with E-state index in [4.69, 9.17) is 0 Å². The molecule has 12 heavy (non-hydrogen) atoms. The van der Waals surface area contributed by atoms with E-state index in [1.165, 1.54) is 11.1 Å². The number of aryl methyl sites for hydroxylation is 1. The Morgan fingerprint density at radius 2 is 2.25 bits per heavy atom. The zero-order valence-corrected chi connectivity index (χ0v) is 6.99. The molecule has 2 rings (SSSR count). The van der Waals surface area contributed by atoms with Crippen LogP contribution in [0.2, 0.25) is 0 Å². The van der Waals surface area contributed by atoms with E-state index in [9.17, 15) is 0 Å². The first-order valence-corrected chi connectivity index (χ1v) is 3.95. The zero-order chi connectivity index (χ0) is 8.39. The molecule has 0 fully saturated rings. The molecule has 0 bridgehead atoms. The summed E-state index contributed by atoms with van der Waals surface area (Å²) in [7, 11) is 2.02. The molecule has 0 unspecified atom stereocenters. The van der Waals surface area contributed by atoms with Gasteiger partial charge in [-0.2, -0.15) is 0 Å². The lowest BCUT2D eigenvalue weighted by Crippen LogP contribution is -2.26. The van der Waals surface area contributed by atoms with Gasteiger partial charge in [-0.25, -0.2) is 4.57 Å². The molecular formula is C11H10N+. The van der Waals surface area contributed by atoms with Crippen LogP contribution in [0.15, 0.2) is 36.3 Å². The molecule has 1 aromatic rings. The minimum atomic E-state index is 1.22. The summed E-state index contributed by atoms with van der Waals surface area (Å²) in [6, 6.07) is 2.09. The van der Waals surface area contributed by atoms with Gasteiger partial charge in [-0.05, 0) is 18.2 Å². The highest BCUT2D eigenvalue weighted by Crippen LogP contribution is 2.11. The number of pyridine rings is 1. The molecule has 0 radical (unpaired) electrons. The molecule has 0 aliphatic heterocycles. The second-order valence-electron chi connectivity index (χ2n) is 2.86. The maximum atomic E-state index is 3.08. The summed E-state index contributed by atoms with van der Waals surface area (Å²) in [5.74, 6) is 0. The number of hydrogen-bond acceptors (Lipinski definition) is 0. The van der Waals surface area contributed by atoms with Gasteiger partial charge < -0.3 is 0 Å². The standard InChI is InChI=1S/C11H10N/c1-12-8-7-10-5-3-2-4-6-11(10)9-12/h2,4-9H,1H3/q+1. The van der Waals surface area contributed by atoms with E-state index in [0.29, 0.717) is 0 Å². The largest absolute Gasteiger partial charge is 0.207 e. The van der Waals surface area contributed by atoms with Crippen LogP contribution in [0.1, 0.15) is 11.1 Å². The molecule has 0 spiro atoms. The molecule has 1 heterocycles. The highest BCUT2D eigenvalue weighted by molar-refractivity contribution is 5.66. The Morgan fingerprint density at radius 3 is 3.17 bits per heavy atom. The third kappa shape index (κ3) is 1.23. The lowest BCUT2D eigenvalue weighted by molar-refractivity contribution is -0.671. The number of hydrogen-bond donors (Lipinski definition) is 0. The maximum absolute atomic E-state index is 3.08. The van der Waals surface area contributed by atoms with Gasteiger partial charge in [0, 0.05) is 17.2 Å². The lowest BCUT2D eigenvalue weighted by atomic mass is 10.1. The summed E-state index contributed by atoms with van der Waals surface area (Å²) in [5, 5.41) is 0. The van der Waals surface area contributed by atoms with Gasteiger partial charge in [-0.15, -0.1) is 5.73 Å². The number of fused-ring (bicyclic) bond motifs is 1. The average Bonchev–Trinajstić information content (AvgIpc) is 2.28. The smallest absolute Gasteiger partial charge is 0.176 e. The molecule has 1 aliphatic carbocycles. The van der Waals surface area contributed by atoms with Crippen molar-refractivity contribution in [3.8, 4) is 0 Å². The van der Waals surface area contributed by atoms with Gasteiger partial charge in [0.2, 0.25) is 0 Å². The van der Waals surface area contributed by atoms with Crippen molar-refractivity contribution in [3.63, 3.8) is 0 Å². The number of allylic oxidation sites excluding steroid dienone is 2. The number of aromatic nitrogens is 1. The van der Waals surface area contributed by atoms with Gasteiger partial charge >= 0.3 is 0 Å². The van der Waals surface area contributed by atoms with Crippen LogP contribution in [-0.2, 0) is 7.05 Å². The molecule has 0 amide bonds. The van der Waals surface area contributed by atoms with Crippen LogP contribution in [0.25, 0.3) is 12.2 Å². The van der Waals surface area contributed by atoms with Crippen LogP contribution < -0.4 is 4.57 Å². The van der Waals surface area contributed by atoms with Crippen LogP contribution in [0, 0.1) is 0 Å². The van der Waals surface area contributed by atoms with Gasteiger partial charge in [0.1, 0.15) is 7.05 Å². The SMILES string of the molecule is C[n+]1ccc2c(c1)C=CC=C=C2. The Hall–Kier alpha value is -1.59. The van der Waals surface area contributed by atoms with Crippen molar-refractivity contribution in [2.75, 3.05) is 0 Å². The Labute approximate surface area is 72.0 Å². The Kier molecular flexibility index (Phi) is 1.65. The minimum Gasteiger partial charge on any atom is -0.207 e. The molecule has 1 heteroatoms. The summed E-state index contributed by atoms with van der Waals surface area (Å²) in [6.07, 6.45) is 12.1. The first kappa shape index (κ1) is 7.08. The van der Waals surface area contributed by atoms with E-state index in [2.05, 4.69) is 24.1 Å². The quantitative estimate of drug-likeness (QED) is 0.397. The Balaban J connectivity index is 2.65. The maximum Gasteiger partial charge on any atom is 0.176 e. The second-order valence-corrected chi connectivity index (χ2v) is 2.86. The molecule has 1 aromatic heterocycles. The second kappa shape index (κ2) is 2.80. The summed E-state index contributed by atoms with van der Waals surface area (Å²) >= 11 is 0. The van der Waals surface area contributed by atoms with Crippen molar-refractivity contribution in [1.29, 1.82) is 0 Å². The summed E-state index contributed by atoms with van der Waals surface area (Å²) < 4.78 is 2.04.